The minimum absolute atomic E-state index is 0.0781. The van der Waals surface area contributed by atoms with E-state index in [1.165, 1.54) is 9.71 Å². The van der Waals surface area contributed by atoms with E-state index in [4.69, 9.17) is 4.74 Å². The summed E-state index contributed by atoms with van der Waals surface area (Å²) in [5, 5.41) is 14.0. The lowest BCUT2D eigenvalue weighted by atomic mass is 9.97. The number of sulfonamides is 1. The molecule has 31 heavy (non-hydrogen) atoms. The van der Waals surface area contributed by atoms with Gasteiger partial charge in [0.1, 0.15) is 18.5 Å². The van der Waals surface area contributed by atoms with Gasteiger partial charge in [-0.2, -0.15) is 4.31 Å². The third-order valence-electron chi connectivity index (χ3n) is 5.11. The minimum Gasteiger partial charge on any atom is -0.491 e. The molecule has 1 atom stereocenters. The number of ether oxygens (including phenoxy) is 1. The highest BCUT2D eigenvalue weighted by Gasteiger charge is 2.30. The van der Waals surface area contributed by atoms with Crippen LogP contribution < -0.4 is 10.1 Å². The van der Waals surface area contributed by atoms with Crippen LogP contribution in [0, 0.1) is 5.92 Å². The van der Waals surface area contributed by atoms with Gasteiger partial charge in [-0.05, 0) is 36.6 Å². The van der Waals surface area contributed by atoms with Gasteiger partial charge in [-0.15, -0.1) is 0 Å². The van der Waals surface area contributed by atoms with Crippen LogP contribution in [0.25, 0.3) is 6.08 Å². The summed E-state index contributed by atoms with van der Waals surface area (Å²) >= 11 is 0. The summed E-state index contributed by atoms with van der Waals surface area (Å²) in [5.74, 6) is 0.213. The predicted octanol–water partition coefficient (Wildman–Crippen LogP) is 2.26. The molecule has 1 saturated heterocycles. The van der Waals surface area contributed by atoms with Crippen molar-refractivity contribution in [2.45, 2.75) is 18.9 Å². The number of piperidine rings is 1. The van der Waals surface area contributed by atoms with E-state index in [0.29, 0.717) is 31.7 Å². The van der Waals surface area contributed by atoms with Crippen LogP contribution in [0.2, 0.25) is 0 Å². The number of carbonyl (C=O) groups excluding carboxylic acids is 1. The zero-order chi connectivity index (χ0) is 22.1. The van der Waals surface area contributed by atoms with Gasteiger partial charge in [0.05, 0.1) is 0 Å². The Labute approximate surface area is 183 Å². The Kier molecular flexibility index (Phi) is 8.22. The summed E-state index contributed by atoms with van der Waals surface area (Å²) in [6, 6.07) is 18.4. The molecule has 0 saturated carbocycles. The van der Waals surface area contributed by atoms with Crippen LogP contribution in [-0.4, -0.2) is 56.1 Å². The van der Waals surface area contributed by atoms with Crippen LogP contribution in [0.15, 0.2) is 66.1 Å². The van der Waals surface area contributed by atoms with E-state index in [1.54, 1.807) is 18.2 Å². The van der Waals surface area contributed by atoms with Gasteiger partial charge >= 0.3 is 0 Å². The molecule has 8 heteroatoms. The number of hydrogen-bond donors (Lipinski definition) is 2. The summed E-state index contributed by atoms with van der Waals surface area (Å²) in [6.45, 7) is 0.747. The molecule has 2 N–H and O–H groups in total. The number of nitrogens with zero attached hydrogens (tertiary/aromatic N) is 1. The van der Waals surface area contributed by atoms with Crippen LogP contribution in [0.5, 0.6) is 5.75 Å². The number of hydrogen-bond acceptors (Lipinski definition) is 5. The second-order valence-corrected chi connectivity index (χ2v) is 9.27. The predicted molar refractivity (Wildman–Crippen MR) is 120 cm³/mol. The smallest absolute Gasteiger partial charge is 0.236 e. The number of carbonyl (C=O) groups is 1. The maximum atomic E-state index is 12.5. The van der Waals surface area contributed by atoms with Gasteiger partial charge in [-0.3, -0.25) is 4.79 Å². The first-order chi connectivity index (χ1) is 14.9. The van der Waals surface area contributed by atoms with Gasteiger partial charge in [0.15, 0.2) is 0 Å². The van der Waals surface area contributed by atoms with Gasteiger partial charge in [-0.1, -0.05) is 48.5 Å². The molecule has 1 aliphatic rings. The molecule has 0 radical (unpaired) electrons. The molecule has 1 fully saturated rings. The summed E-state index contributed by atoms with van der Waals surface area (Å²) in [6.07, 6.45) is 1.64. The van der Waals surface area contributed by atoms with E-state index >= 15 is 0 Å². The molecule has 2 aromatic rings. The van der Waals surface area contributed by atoms with Crippen molar-refractivity contribution in [1.82, 2.24) is 9.62 Å². The highest BCUT2D eigenvalue weighted by molar-refractivity contribution is 7.92. The molecule has 1 heterocycles. The molecule has 0 aromatic heterocycles. The number of aliphatic hydroxyl groups is 1. The van der Waals surface area contributed by atoms with Gasteiger partial charge < -0.3 is 15.2 Å². The Morgan fingerprint density at radius 2 is 1.71 bits per heavy atom. The van der Waals surface area contributed by atoms with Crippen LogP contribution in [0.4, 0.5) is 0 Å². The van der Waals surface area contributed by atoms with Gasteiger partial charge in [0.2, 0.25) is 15.9 Å². The third kappa shape index (κ3) is 7.20. The first kappa shape index (κ1) is 23.0. The lowest BCUT2D eigenvalue weighted by molar-refractivity contribution is -0.126. The van der Waals surface area contributed by atoms with E-state index < -0.39 is 16.1 Å². The summed E-state index contributed by atoms with van der Waals surface area (Å²) in [4.78, 5) is 12.4. The number of aliphatic hydroxyl groups excluding tert-OH is 1. The standard InChI is InChI=1S/C23H28N2O5S/c26-21(18-30-22-9-5-2-6-10-22)17-24-23(27)20-11-14-25(15-12-20)31(28,29)16-13-19-7-3-1-4-8-19/h1-10,13,16,20-21,26H,11-12,14-15,17-18H2,(H,24,27). The van der Waals surface area contributed by atoms with Crippen LogP contribution in [-0.2, 0) is 14.8 Å². The van der Waals surface area contributed by atoms with E-state index in [9.17, 15) is 18.3 Å². The summed E-state index contributed by atoms with van der Waals surface area (Å²) in [5.41, 5.74) is 0.815. The van der Waals surface area contributed by atoms with E-state index in [1.807, 2.05) is 48.5 Å². The molecule has 1 amide bonds. The maximum absolute atomic E-state index is 12.5. The van der Waals surface area contributed by atoms with Crippen molar-refractivity contribution in [3.8, 4) is 5.75 Å². The number of nitrogens with one attached hydrogen (secondary N) is 1. The van der Waals surface area contributed by atoms with E-state index in [-0.39, 0.29) is 25.0 Å². The highest BCUT2D eigenvalue weighted by atomic mass is 32.2. The second kappa shape index (κ2) is 11.1. The molecule has 7 nitrogen and oxygen atoms in total. The van der Waals surface area contributed by atoms with Crippen molar-refractivity contribution >= 4 is 22.0 Å². The van der Waals surface area contributed by atoms with Gasteiger partial charge in [0, 0.05) is 31.0 Å². The topological polar surface area (TPSA) is 95.9 Å². The molecular weight excluding hydrogens is 416 g/mol. The zero-order valence-electron chi connectivity index (χ0n) is 17.3. The Morgan fingerprint density at radius 1 is 1.10 bits per heavy atom. The molecule has 2 aromatic carbocycles. The zero-order valence-corrected chi connectivity index (χ0v) is 18.1. The van der Waals surface area contributed by atoms with Crippen molar-refractivity contribution in [1.29, 1.82) is 0 Å². The SMILES string of the molecule is O=C(NCC(O)COc1ccccc1)C1CCN(S(=O)(=O)C=Cc2ccccc2)CC1. The number of amides is 1. The Hall–Kier alpha value is -2.68. The van der Waals surface area contributed by atoms with Gasteiger partial charge in [-0.25, -0.2) is 8.42 Å². The second-order valence-electron chi connectivity index (χ2n) is 7.45. The number of rotatable bonds is 9. The molecule has 3 rings (SSSR count). The lowest BCUT2D eigenvalue weighted by Crippen LogP contribution is -2.44. The van der Waals surface area contributed by atoms with Crippen LogP contribution >= 0.6 is 0 Å². The molecular formula is C23H28N2O5S. The summed E-state index contributed by atoms with van der Waals surface area (Å²) in [7, 11) is -3.53. The quantitative estimate of drug-likeness (QED) is 0.619. The lowest BCUT2D eigenvalue weighted by Gasteiger charge is -2.29. The molecule has 0 bridgehead atoms. The monoisotopic (exact) mass is 444 g/mol. The Balaban J connectivity index is 1.40. The average molecular weight is 445 g/mol. The molecule has 1 aliphatic heterocycles. The van der Waals surface area contributed by atoms with Crippen molar-refractivity contribution in [3.63, 3.8) is 0 Å². The van der Waals surface area contributed by atoms with Crippen LogP contribution in [0.1, 0.15) is 18.4 Å². The van der Waals surface area contributed by atoms with Gasteiger partial charge in [0.25, 0.3) is 0 Å². The van der Waals surface area contributed by atoms with Crippen molar-refractivity contribution in [3.05, 3.63) is 71.6 Å². The largest absolute Gasteiger partial charge is 0.491 e. The summed E-state index contributed by atoms with van der Waals surface area (Å²) < 4.78 is 31.9. The number of benzene rings is 2. The fourth-order valence-electron chi connectivity index (χ4n) is 3.32. The minimum atomic E-state index is -3.53. The Bertz CT molecular complexity index is 956. The number of para-hydroxylation sites is 1. The Morgan fingerprint density at radius 3 is 2.35 bits per heavy atom. The van der Waals surface area contributed by atoms with Crippen molar-refractivity contribution < 1.29 is 23.1 Å². The average Bonchev–Trinajstić information content (AvgIpc) is 2.81. The third-order valence-corrected chi connectivity index (χ3v) is 6.68. The molecule has 1 unspecified atom stereocenters. The maximum Gasteiger partial charge on any atom is 0.236 e. The first-order valence-corrected chi connectivity index (χ1v) is 11.8. The first-order valence-electron chi connectivity index (χ1n) is 10.3. The fourth-order valence-corrected chi connectivity index (χ4v) is 4.54. The van der Waals surface area contributed by atoms with Crippen molar-refractivity contribution in [2.24, 2.45) is 5.92 Å². The molecule has 166 valence electrons. The van der Waals surface area contributed by atoms with E-state index in [0.717, 1.165) is 5.56 Å². The van der Waals surface area contributed by atoms with Crippen LogP contribution in [0.3, 0.4) is 0 Å². The highest BCUT2D eigenvalue weighted by Crippen LogP contribution is 2.21. The normalized spacial score (nSPS) is 16.8. The molecule has 0 aliphatic carbocycles. The fraction of sp³-hybridized carbons (Fsp3) is 0.348. The van der Waals surface area contributed by atoms with Crippen molar-refractivity contribution in [2.75, 3.05) is 26.2 Å². The molecule has 0 spiro atoms. The van der Waals surface area contributed by atoms with E-state index in [2.05, 4.69) is 5.32 Å².